The quantitative estimate of drug-likeness (QED) is 0.622. The SMILES string of the molecule is CCNCCCC(C)N(C)C(C)C1CC1. The summed E-state index contributed by atoms with van der Waals surface area (Å²) < 4.78 is 0. The molecule has 0 saturated heterocycles. The zero-order chi connectivity index (χ0) is 11.3. The Kier molecular flexibility index (Phi) is 5.62. The molecule has 2 atom stereocenters. The van der Waals surface area contributed by atoms with Crippen LogP contribution in [0.25, 0.3) is 0 Å². The molecule has 15 heavy (non-hydrogen) atoms. The summed E-state index contributed by atoms with van der Waals surface area (Å²) in [5, 5.41) is 3.39. The Labute approximate surface area is 95.4 Å². The first-order chi connectivity index (χ1) is 7.16. The second-order valence-electron chi connectivity index (χ2n) is 5.09. The Bertz CT molecular complexity index is 166. The predicted octanol–water partition coefficient (Wildman–Crippen LogP) is 2.49. The van der Waals surface area contributed by atoms with E-state index in [4.69, 9.17) is 0 Å². The van der Waals surface area contributed by atoms with Gasteiger partial charge in [0.1, 0.15) is 0 Å². The Morgan fingerprint density at radius 1 is 1.33 bits per heavy atom. The minimum atomic E-state index is 0.735. The number of nitrogens with one attached hydrogen (secondary N) is 1. The van der Waals surface area contributed by atoms with Crippen molar-refractivity contribution in [2.75, 3.05) is 20.1 Å². The Balaban J connectivity index is 2.11. The summed E-state index contributed by atoms with van der Waals surface area (Å²) in [5.74, 6) is 0.992. The van der Waals surface area contributed by atoms with E-state index in [1.165, 1.54) is 32.2 Å². The van der Waals surface area contributed by atoms with E-state index in [0.29, 0.717) is 0 Å². The number of rotatable bonds is 8. The van der Waals surface area contributed by atoms with Gasteiger partial charge < -0.3 is 10.2 Å². The summed E-state index contributed by atoms with van der Waals surface area (Å²) in [4.78, 5) is 2.57. The fourth-order valence-electron chi connectivity index (χ4n) is 2.22. The molecule has 0 aromatic carbocycles. The summed E-state index contributed by atoms with van der Waals surface area (Å²) in [5.41, 5.74) is 0. The normalized spacial score (nSPS) is 20.6. The molecule has 2 nitrogen and oxygen atoms in total. The third-order valence-corrected chi connectivity index (χ3v) is 3.87. The molecule has 0 aromatic rings. The summed E-state index contributed by atoms with van der Waals surface area (Å²) in [7, 11) is 2.29. The zero-order valence-electron chi connectivity index (χ0n) is 10.9. The molecule has 0 aliphatic heterocycles. The maximum absolute atomic E-state index is 3.39. The smallest absolute Gasteiger partial charge is 0.00949 e. The molecule has 0 spiro atoms. The van der Waals surface area contributed by atoms with Crippen LogP contribution in [-0.2, 0) is 0 Å². The summed E-state index contributed by atoms with van der Waals surface area (Å²) >= 11 is 0. The molecule has 1 aliphatic rings. The highest BCUT2D eigenvalue weighted by Gasteiger charge is 2.31. The highest BCUT2D eigenvalue weighted by Crippen LogP contribution is 2.35. The molecule has 1 N–H and O–H groups in total. The molecule has 0 radical (unpaired) electrons. The van der Waals surface area contributed by atoms with Crippen molar-refractivity contribution in [3.63, 3.8) is 0 Å². The molecule has 1 saturated carbocycles. The van der Waals surface area contributed by atoms with Gasteiger partial charge in [-0.25, -0.2) is 0 Å². The van der Waals surface area contributed by atoms with Gasteiger partial charge >= 0.3 is 0 Å². The molecular formula is C13H28N2. The van der Waals surface area contributed by atoms with Gasteiger partial charge in [-0.3, -0.25) is 0 Å². The summed E-state index contributed by atoms with van der Waals surface area (Å²) in [6.45, 7) is 9.20. The van der Waals surface area contributed by atoms with Crippen LogP contribution in [-0.4, -0.2) is 37.1 Å². The first kappa shape index (κ1) is 13.0. The largest absolute Gasteiger partial charge is 0.317 e. The number of hydrogen-bond acceptors (Lipinski definition) is 2. The fraction of sp³-hybridized carbons (Fsp3) is 1.00. The second kappa shape index (κ2) is 6.49. The van der Waals surface area contributed by atoms with Crippen LogP contribution in [0.15, 0.2) is 0 Å². The lowest BCUT2D eigenvalue weighted by molar-refractivity contribution is 0.168. The minimum absolute atomic E-state index is 0.735. The van der Waals surface area contributed by atoms with Gasteiger partial charge in [0.2, 0.25) is 0 Å². The van der Waals surface area contributed by atoms with Gasteiger partial charge in [-0.05, 0) is 65.6 Å². The summed E-state index contributed by atoms with van der Waals surface area (Å²) in [6.07, 6.45) is 5.53. The van der Waals surface area contributed by atoms with Crippen LogP contribution >= 0.6 is 0 Å². The van der Waals surface area contributed by atoms with E-state index >= 15 is 0 Å². The molecule has 90 valence electrons. The van der Waals surface area contributed by atoms with Crippen molar-refractivity contribution in [3.8, 4) is 0 Å². The molecule has 1 aliphatic carbocycles. The average molecular weight is 212 g/mol. The zero-order valence-corrected chi connectivity index (χ0v) is 10.9. The van der Waals surface area contributed by atoms with E-state index in [0.717, 1.165) is 24.5 Å². The van der Waals surface area contributed by atoms with Gasteiger partial charge in [0.25, 0.3) is 0 Å². The van der Waals surface area contributed by atoms with Gasteiger partial charge in [-0.1, -0.05) is 6.92 Å². The topological polar surface area (TPSA) is 15.3 Å². The third kappa shape index (κ3) is 4.52. The van der Waals surface area contributed by atoms with Crippen LogP contribution < -0.4 is 5.32 Å². The molecule has 0 heterocycles. The van der Waals surface area contributed by atoms with E-state index in [-0.39, 0.29) is 0 Å². The van der Waals surface area contributed by atoms with Crippen LogP contribution in [0.1, 0.15) is 46.5 Å². The molecule has 0 aromatic heterocycles. The first-order valence-corrected chi connectivity index (χ1v) is 6.59. The highest BCUT2D eigenvalue weighted by molar-refractivity contribution is 4.85. The Morgan fingerprint density at radius 3 is 2.53 bits per heavy atom. The van der Waals surface area contributed by atoms with E-state index in [1.54, 1.807) is 0 Å². The minimum Gasteiger partial charge on any atom is -0.317 e. The predicted molar refractivity (Wildman–Crippen MR) is 67.2 cm³/mol. The maximum atomic E-state index is 3.39. The van der Waals surface area contributed by atoms with Crippen molar-refractivity contribution in [2.24, 2.45) is 5.92 Å². The molecule has 2 heteroatoms. The van der Waals surface area contributed by atoms with Crippen LogP contribution in [0.2, 0.25) is 0 Å². The van der Waals surface area contributed by atoms with Gasteiger partial charge in [-0.2, -0.15) is 0 Å². The molecular weight excluding hydrogens is 184 g/mol. The fourth-order valence-corrected chi connectivity index (χ4v) is 2.22. The molecule has 0 amide bonds. The number of hydrogen-bond donors (Lipinski definition) is 1. The highest BCUT2D eigenvalue weighted by atomic mass is 15.2. The van der Waals surface area contributed by atoms with Crippen LogP contribution in [0, 0.1) is 5.92 Å². The lowest BCUT2D eigenvalue weighted by atomic mass is 10.1. The van der Waals surface area contributed by atoms with Gasteiger partial charge in [-0.15, -0.1) is 0 Å². The summed E-state index contributed by atoms with van der Waals surface area (Å²) in [6, 6.07) is 1.53. The van der Waals surface area contributed by atoms with Crippen LogP contribution in [0.5, 0.6) is 0 Å². The van der Waals surface area contributed by atoms with Crippen molar-refractivity contribution in [1.82, 2.24) is 10.2 Å². The monoisotopic (exact) mass is 212 g/mol. The van der Waals surface area contributed by atoms with Crippen molar-refractivity contribution >= 4 is 0 Å². The Hall–Kier alpha value is -0.0800. The van der Waals surface area contributed by atoms with Crippen molar-refractivity contribution in [1.29, 1.82) is 0 Å². The molecule has 1 rings (SSSR count). The average Bonchev–Trinajstić information content (AvgIpc) is 3.05. The van der Waals surface area contributed by atoms with Gasteiger partial charge in [0.05, 0.1) is 0 Å². The molecule has 2 unspecified atom stereocenters. The van der Waals surface area contributed by atoms with Crippen molar-refractivity contribution < 1.29 is 0 Å². The standard InChI is InChI=1S/C13H28N2/c1-5-14-10-6-7-11(2)15(4)12(3)13-8-9-13/h11-14H,5-10H2,1-4H3. The van der Waals surface area contributed by atoms with Crippen LogP contribution in [0.4, 0.5) is 0 Å². The van der Waals surface area contributed by atoms with E-state index in [2.05, 4.69) is 38.0 Å². The van der Waals surface area contributed by atoms with E-state index < -0.39 is 0 Å². The van der Waals surface area contributed by atoms with E-state index in [9.17, 15) is 0 Å². The lowest BCUT2D eigenvalue weighted by Crippen LogP contribution is -2.38. The lowest BCUT2D eigenvalue weighted by Gasteiger charge is -2.31. The first-order valence-electron chi connectivity index (χ1n) is 6.59. The molecule has 0 bridgehead atoms. The third-order valence-electron chi connectivity index (χ3n) is 3.87. The second-order valence-corrected chi connectivity index (χ2v) is 5.09. The molecule has 1 fully saturated rings. The van der Waals surface area contributed by atoms with Crippen LogP contribution in [0.3, 0.4) is 0 Å². The van der Waals surface area contributed by atoms with E-state index in [1.807, 2.05) is 0 Å². The Morgan fingerprint density at radius 2 is 2.00 bits per heavy atom. The van der Waals surface area contributed by atoms with Gasteiger partial charge in [0, 0.05) is 12.1 Å². The van der Waals surface area contributed by atoms with Gasteiger partial charge in [0.15, 0.2) is 0 Å². The maximum Gasteiger partial charge on any atom is 0.00949 e. The van der Waals surface area contributed by atoms with Crippen molar-refractivity contribution in [3.05, 3.63) is 0 Å². The van der Waals surface area contributed by atoms with Crippen molar-refractivity contribution in [2.45, 2.75) is 58.5 Å². The number of nitrogens with zero attached hydrogens (tertiary/aromatic N) is 1.